The van der Waals surface area contributed by atoms with Gasteiger partial charge in [0.05, 0.1) is 4.90 Å². The van der Waals surface area contributed by atoms with Gasteiger partial charge in [0.1, 0.15) is 0 Å². The summed E-state index contributed by atoms with van der Waals surface area (Å²) in [7, 11) is -3.80. The maximum absolute atomic E-state index is 13.3. The molecule has 0 aliphatic rings. The first-order valence-corrected chi connectivity index (χ1v) is 10.1. The Labute approximate surface area is 167 Å². The monoisotopic (exact) mass is 416 g/mol. The molecule has 150 valence electrons. The lowest BCUT2D eigenvalue weighted by molar-refractivity contribution is 0.102. The van der Waals surface area contributed by atoms with Gasteiger partial charge in [-0.15, -0.1) is 0 Å². The van der Waals surface area contributed by atoms with Gasteiger partial charge >= 0.3 is 0 Å². The molecular weight excluding hydrogens is 398 g/mol. The summed E-state index contributed by atoms with van der Waals surface area (Å²) in [5.74, 6) is -2.82. The summed E-state index contributed by atoms with van der Waals surface area (Å²) in [4.78, 5) is 12.1. The van der Waals surface area contributed by atoms with Gasteiger partial charge in [-0.3, -0.25) is 9.52 Å². The number of carbonyl (C=O) groups is 1. The van der Waals surface area contributed by atoms with Crippen molar-refractivity contribution < 1.29 is 22.0 Å². The van der Waals surface area contributed by atoms with E-state index in [1.807, 2.05) is 19.9 Å². The molecule has 0 aromatic heterocycles. The minimum absolute atomic E-state index is 0.0153. The number of halogens is 2. The Morgan fingerprint density at radius 2 is 1.45 bits per heavy atom. The van der Waals surface area contributed by atoms with Crippen molar-refractivity contribution in [2.75, 3.05) is 10.0 Å². The van der Waals surface area contributed by atoms with Crippen molar-refractivity contribution in [2.45, 2.75) is 18.7 Å². The molecule has 0 radical (unpaired) electrons. The van der Waals surface area contributed by atoms with Crippen LogP contribution in [0.1, 0.15) is 21.5 Å². The molecular formula is C21H18F2N2O3S. The summed E-state index contributed by atoms with van der Waals surface area (Å²) in [5.41, 5.74) is 2.71. The van der Waals surface area contributed by atoms with Crippen LogP contribution in [0.3, 0.4) is 0 Å². The molecule has 0 saturated carbocycles. The van der Waals surface area contributed by atoms with E-state index < -0.39 is 27.6 Å². The van der Waals surface area contributed by atoms with Gasteiger partial charge in [0.25, 0.3) is 15.9 Å². The Bertz CT molecular complexity index is 1180. The van der Waals surface area contributed by atoms with Crippen LogP contribution >= 0.6 is 0 Å². The third-order valence-electron chi connectivity index (χ3n) is 4.36. The zero-order valence-electron chi connectivity index (χ0n) is 15.7. The standard InChI is InChI=1S/C21H18F2N2O3S/c1-13-3-5-17(11-14(13)2)25-29(27,28)18-8-6-16(7-9-18)24-21(26)15-4-10-19(22)20(23)12-15/h3-12,25H,1-2H3,(H,24,26). The van der Waals surface area contributed by atoms with E-state index in [1.165, 1.54) is 24.3 Å². The Balaban J connectivity index is 1.73. The van der Waals surface area contributed by atoms with E-state index in [9.17, 15) is 22.0 Å². The fraction of sp³-hybridized carbons (Fsp3) is 0.0952. The van der Waals surface area contributed by atoms with Gasteiger partial charge in [-0.05, 0) is 79.6 Å². The van der Waals surface area contributed by atoms with E-state index in [2.05, 4.69) is 10.0 Å². The number of amides is 1. The molecule has 0 fully saturated rings. The molecule has 0 unspecified atom stereocenters. The highest BCUT2D eigenvalue weighted by Gasteiger charge is 2.15. The number of hydrogen-bond acceptors (Lipinski definition) is 3. The van der Waals surface area contributed by atoms with E-state index in [1.54, 1.807) is 12.1 Å². The Morgan fingerprint density at radius 3 is 2.07 bits per heavy atom. The molecule has 0 bridgehead atoms. The maximum Gasteiger partial charge on any atom is 0.261 e. The molecule has 0 aliphatic carbocycles. The number of sulfonamides is 1. The number of anilines is 2. The molecule has 0 spiro atoms. The summed E-state index contributed by atoms with van der Waals surface area (Å²) >= 11 is 0. The van der Waals surface area contributed by atoms with E-state index in [0.717, 1.165) is 29.3 Å². The molecule has 29 heavy (non-hydrogen) atoms. The highest BCUT2D eigenvalue weighted by Crippen LogP contribution is 2.21. The SMILES string of the molecule is Cc1ccc(NS(=O)(=O)c2ccc(NC(=O)c3ccc(F)c(F)c3)cc2)cc1C. The van der Waals surface area contributed by atoms with E-state index >= 15 is 0 Å². The maximum atomic E-state index is 13.3. The molecule has 3 aromatic carbocycles. The summed E-state index contributed by atoms with van der Waals surface area (Å²) in [6, 6.07) is 13.5. The largest absolute Gasteiger partial charge is 0.322 e. The second kappa shape index (κ2) is 8.00. The van der Waals surface area contributed by atoms with Crippen LogP contribution in [0.2, 0.25) is 0 Å². The van der Waals surface area contributed by atoms with Crippen LogP contribution < -0.4 is 10.0 Å². The molecule has 3 rings (SSSR count). The van der Waals surface area contributed by atoms with E-state index in [-0.39, 0.29) is 10.5 Å². The Kier molecular flexibility index (Phi) is 5.65. The van der Waals surface area contributed by atoms with Crippen LogP contribution in [0.15, 0.2) is 65.6 Å². The number of hydrogen-bond donors (Lipinski definition) is 2. The fourth-order valence-electron chi connectivity index (χ4n) is 2.58. The quantitative estimate of drug-likeness (QED) is 0.637. The fourth-order valence-corrected chi connectivity index (χ4v) is 3.63. The van der Waals surface area contributed by atoms with Crippen molar-refractivity contribution in [1.82, 2.24) is 0 Å². The third kappa shape index (κ3) is 4.78. The summed E-state index contributed by atoms with van der Waals surface area (Å²) in [6.07, 6.45) is 0. The average molecular weight is 416 g/mol. The predicted octanol–water partition coefficient (Wildman–Crippen LogP) is 4.63. The minimum Gasteiger partial charge on any atom is -0.322 e. The second-order valence-corrected chi connectivity index (χ2v) is 8.19. The summed E-state index contributed by atoms with van der Waals surface area (Å²) in [5, 5.41) is 2.50. The van der Waals surface area contributed by atoms with Gasteiger partial charge in [0.2, 0.25) is 0 Å². The van der Waals surface area contributed by atoms with Crippen LogP contribution in [0, 0.1) is 25.5 Å². The Morgan fingerprint density at radius 1 is 0.793 bits per heavy atom. The number of carbonyl (C=O) groups excluding carboxylic acids is 1. The normalized spacial score (nSPS) is 11.2. The van der Waals surface area contributed by atoms with Gasteiger partial charge in [-0.2, -0.15) is 0 Å². The van der Waals surface area contributed by atoms with Crippen molar-refractivity contribution >= 4 is 27.3 Å². The number of nitrogens with one attached hydrogen (secondary N) is 2. The van der Waals surface area contributed by atoms with Crippen LogP contribution in [0.5, 0.6) is 0 Å². The van der Waals surface area contributed by atoms with Crippen molar-refractivity contribution in [3.63, 3.8) is 0 Å². The van der Waals surface area contributed by atoms with Gasteiger partial charge in [-0.1, -0.05) is 6.07 Å². The Hall–Kier alpha value is -3.26. The molecule has 0 atom stereocenters. The highest BCUT2D eigenvalue weighted by atomic mass is 32.2. The third-order valence-corrected chi connectivity index (χ3v) is 5.76. The lowest BCUT2D eigenvalue weighted by Crippen LogP contribution is -2.14. The van der Waals surface area contributed by atoms with Gasteiger partial charge < -0.3 is 5.32 Å². The van der Waals surface area contributed by atoms with Crippen molar-refractivity contribution in [3.8, 4) is 0 Å². The second-order valence-electron chi connectivity index (χ2n) is 6.51. The summed E-state index contributed by atoms with van der Waals surface area (Å²) in [6.45, 7) is 3.82. The number of aryl methyl sites for hydroxylation is 2. The number of rotatable bonds is 5. The first-order chi connectivity index (χ1) is 13.7. The van der Waals surface area contributed by atoms with E-state index in [0.29, 0.717) is 11.4 Å². The van der Waals surface area contributed by atoms with Gasteiger partial charge in [-0.25, -0.2) is 17.2 Å². The first-order valence-electron chi connectivity index (χ1n) is 8.62. The zero-order chi connectivity index (χ0) is 21.2. The number of benzene rings is 3. The highest BCUT2D eigenvalue weighted by molar-refractivity contribution is 7.92. The molecule has 0 heterocycles. The van der Waals surface area contributed by atoms with Crippen molar-refractivity contribution in [3.05, 3.63) is 89.0 Å². The van der Waals surface area contributed by atoms with Gasteiger partial charge in [0, 0.05) is 16.9 Å². The molecule has 3 aromatic rings. The van der Waals surface area contributed by atoms with E-state index in [4.69, 9.17) is 0 Å². The minimum atomic E-state index is -3.80. The molecule has 8 heteroatoms. The lowest BCUT2D eigenvalue weighted by atomic mass is 10.1. The molecule has 0 aliphatic heterocycles. The molecule has 2 N–H and O–H groups in total. The van der Waals surface area contributed by atoms with Crippen molar-refractivity contribution in [1.29, 1.82) is 0 Å². The molecule has 1 amide bonds. The summed E-state index contributed by atoms with van der Waals surface area (Å²) < 4.78 is 53.8. The van der Waals surface area contributed by atoms with Crippen LogP contribution in [0.4, 0.5) is 20.2 Å². The van der Waals surface area contributed by atoms with Crippen LogP contribution in [-0.4, -0.2) is 14.3 Å². The molecule has 0 saturated heterocycles. The van der Waals surface area contributed by atoms with Crippen LogP contribution in [-0.2, 0) is 10.0 Å². The topological polar surface area (TPSA) is 75.3 Å². The van der Waals surface area contributed by atoms with Gasteiger partial charge in [0.15, 0.2) is 11.6 Å². The molecule has 5 nitrogen and oxygen atoms in total. The van der Waals surface area contributed by atoms with Crippen molar-refractivity contribution in [2.24, 2.45) is 0 Å². The zero-order valence-corrected chi connectivity index (χ0v) is 16.5. The smallest absolute Gasteiger partial charge is 0.261 e. The predicted molar refractivity (Wildman–Crippen MR) is 107 cm³/mol. The lowest BCUT2D eigenvalue weighted by Gasteiger charge is -2.11. The van der Waals surface area contributed by atoms with Crippen LogP contribution in [0.25, 0.3) is 0 Å². The first kappa shape index (κ1) is 20.5. The average Bonchev–Trinajstić information content (AvgIpc) is 2.67.